The van der Waals surface area contributed by atoms with Crippen molar-refractivity contribution in [2.45, 2.75) is 25.3 Å². The first-order chi connectivity index (χ1) is 14.9. The van der Waals surface area contributed by atoms with Gasteiger partial charge in [0.15, 0.2) is 0 Å². The molecule has 0 amide bonds. The van der Waals surface area contributed by atoms with E-state index in [9.17, 15) is 9.90 Å². The molecule has 2 heterocycles. The summed E-state index contributed by atoms with van der Waals surface area (Å²) >= 11 is 0. The Morgan fingerprint density at radius 3 is 2.55 bits per heavy atom. The average Bonchev–Trinajstić information content (AvgIpc) is 3.02. The van der Waals surface area contributed by atoms with E-state index in [2.05, 4.69) is 33.3 Å². The lowest BCUT2D eigenvalue weighted by molar-refractivity contribution is -0.632. The molecule has 162 valence electrons. The number of aliphatic carboxylic acids is 1. The summed E-state index contributed by atoms with van der Waals surface area (Å²) in [7, 11) is 8.00. The molecule has 8 nitrogen and oxygen atoms in total. The van der Waals surface area contributed by atoms with Crippen molar-refractivity contribution >= 4 is 40.0 Å². The molecule has 0 bridgehead atoms. The van der Waals surface area contributed by atoms with E-state index in [0.717, 1.165) is 47.7 Å². The van der Waals surface area contributed by atoms with Gasteiger partial charge in [-0.25, -0.2) is 9.13 Å². The maximum Gasteiger partial charge on any atom is 0.422 e. The number of azo groups is 1. The van der Waals surface area contributed by atoms with Crippen LogP contribution in [-0.2, 0) is 18.9 Å². The molecular weight excluding hydrogens is 392 g/mol. The molecule has 0 N–H and O–H groups in total. The van der Waals surface area contributed by atoms with Crippen molar-refractivity contribution in [2.24, 2.45) is 24.3 Å². The quantitative estimate of drug-likeness (QED) is 0.469. The Labute approximate surface area is 182 Å². The highest BCUT2D eigenvalue weighted by atomic mass is 16.4. The van der Waals surface area contributed by atoms with Crippen LogP contribution in [0.4, 0.5) is 23.0 Å². The molecule has 1 fully saturated rings. The van der Waals surface area contributed by atoms with Crippen LogP contribution in [0, 0.1) is 0 Å². The highest BCUT2D eigenvalue weighted by Crippen LogP contribution is 2.28. The first kappa shape index (κ1) is 20.8. The van der Waals surface area contributed by atoms with Gasteiger partial charge in [0, 0.05) is 43.2 Å². The van der Waals surface area contributed by atoms with Gasteiger partial charge in [-0.05, 0) is 55.7 Å². The lowest BCUT2D eigenvalue weighted by Gasteiger charge is -2.38. The van der Waals surface area contributed by atoms with E-state index in [0.29, 0.717) is 12.1 Å². The largest absolute Gasteiger partial charge is 0.548 e. The van der Waals surface area contributed by atoms with Gasteiger partial charge in [-0.15, -0.1) is 0 Å². The summed E-state index contributed by atoms with van der Waals surface area (Å²) in [4.78, 5) is 15.4. The number of hydrogen-bond donors (Lipinski definition) is 0. The van der Waals surface area contributed by atoms with Crippen molar-refractivity contribution in [3.05, 3.63) is 42.5 Å². The van der Waals surface area contributed by atoms with Crippen LogP contribution in [0.25, 0.3) is 11.0 Å². The zero-order chi connectivity index (χ0) is 22.1. The normalized spacial score (nSPS) is 16.9. The number of anilines is 2. The number of piperidine rings is 1. The summed E-state index contributed by atoms with van der Waals surface area (Å²) < 4.78 is 4.04. The Hall–Kier alpha value is -3.42. The van der Waals surface area contributed by atoms with Crippen LogP contribution in [0.3, 0.4) is 0 Å². The van der Waals surface area contributed by atoms with E-state index in [-0.39, 0.29) is 0 Å². The molecule has 1 aromatic heterocycles. The predicted octanol–water partition coefficient (Wildman–Crippen LogP) is 2.59. The smallest absolute Gasteiger partial charge is 0.422 e. The van der Waals surface area contributed by atoms with Gasteiger partial charge in [0.25, 0.3) is 0 Å². The average molecular weight is 421 g/mol. The van der Waals surface area contributed by atoms with Gasteiger partial charge in [0.2, 0.25) is 0 Å². The standard InChI is InChI=1S/C23H28N6O2/c1-26(2)18-12-13-19-21(15-18)28(4)23(27(19)3)25-24-16-8-10-17(11-9-16)29-14-6-5-7-20(29)22(30)31/h8-13,15,20H,5-7,14H2,1-4H3. The summed E-state index contributed by atoms with van der Waals surface area (Å²) in [6.07, 6.45) is 2.52. The minimum Gasteiger partial charge on any atom is -0.548 e. The first-order valence-corrected chi connectivity index (χ1v) is 10.5. The second-order valence-corrected chi connectivity index (χ2v) is 8.23. The number of imidazole rings is 1. The van der Waals surface area contributed by atoms with Gasteiger partial charge in [0.1, 0.15) is 16.7 Å². The van der Waals surface area contributed by atoms with E-state index in [4.69, 9.17) is 0 Å². The fourth-order valence-electron chi connectivity index (χ4n) is 4.22. The van der Waals surface area contributed by atoms with Crippen molar-refractivity contribution < 1.29 is 14.5 Å². The summed E-state index contributed by atoms with van der Waals surface area (Å²) in [5, 5.41) is 20.4. The fourth-order valence-corrected chi connectivity index (χ4v) is 4.22. The topological polar surface area (TPSA) is 80.1 Å². The molecule has 3 aromatic rings. The van der Waals surface area contributed by atoms with Crippen molar-refractivity contribution in [3.8, 4) is 0 Å². The van der Waals surface area contributed by atoms with Crippen molar-refractivity contribution in [1.29, 1.82) is 0 Å². The first-order valence-electron chi connectivity index (χ1n) is 10.5. The molecule has 0 saturated carbocycles. The number of aryl methyl sites for hydroxylation is 2. The number of rotatable bonds is 5. The Bertz CT molecular complexity index is 1130. The van der Waals surface area contributed by atoms with Crippen molar-refractivity contribution in [1.82, 2.24) is 4.57 Å². The molecule has 8 heteroatoms. The number of hydrogen-bond acceptors (Lipinski definition) is 6. The Morgan fingerprint density at radius 1 is 1.13 bits per heavy atom. The van der Waals surface area contributed by atoms with E-state index in [1.165, 1.54) is 0 Å². The Morgan fingerprint density at radius 2 is 1.87 bits per heavy atom. The minimum atomic E-state index is -1.01. The lowest BCUT2D eigenvalue weighted by Crippen LogP contribution is -2.50. The van der Waals surface area contributed by atoms with Crippen LogP contribution in [0.1, 0.15) is 19.3 Å². The van der Waals surface area contributed by atoms with Crippen LogP contribution < -0.4 is 19.5 Å². The molecule has 0 aliphatic carbocycles. The third kappa shape index (κ3) is 3.97. The van der Waals surface area contributed by atoms with Gasteiger partial charge < -0.3 is 19.7 Å². The molecule has 31 heavy (non-hydrogen) atoms. The van der Waals surface area contributed by atoms with Crippen LogP contribution in [0.5, 0.6) is 0 Å². The third-order valence-electron chi connectivity index (χ3n) is 6.01. The maximum absolute atomic E-state index is 11.5. The van der Waals surface area contributed by atoms with E-state index in [1.807, 2.05) is 66.5 Å². The predicted molar refractivity (Wildman–Crippen MR) is 119 cm³/mol. The van der Waals surface area contributed by atoms with Crippen molar-refractivity contribution in [2.75, 3.05) is 30.4 Å². The van der Waals surface area contributed by atoms with E-state index >= 15 is 0 Å². The zero-order valence-corrected chi connectivity index (χ0v) is 18.4. The SMILES string of the molecule is CN(C)c1ccc2c(c1)n(C)c(N=Nc1ccc(N3CCCCC3C(=O)[O-])cc1)[n+]2C. The summed E-state index contributed by atoms with van der Waals surface area (Å²) in [5.41, 5.74) is 4.87. The number of carbonyl (C=O) groups is 1. The van der Waals surface area contributed by atoms with Crippen LogP contribution >= 0.6 is 0 Å². The zero-order valence-electron chi connectivity index (χ0n) is 18.4. The maximum atomic E-state index is 11.5. The second-order valence-electron chi connectivity index (χ2n) is 8.23. The van der Waals surface area contributed by atoms with E-state index in [1.54, 1.807) is 0 Å². The number of nitrogens with zero attached hydrogens (tertiary/aromatic N) is 6. The highest BCUT2D eigenvalue weighted by molar-refractivity contribution is 5.79. The number of fused-ring (bicyclic) bond motifs is 1. The summed E-state index contributed by atoms with van der Waals surface area (Å²) in [6, 6.07) is 13.3. The third-order valence-corrected chi connectivity index (χ3v) is 6.01. The van der Waals surface area contributed by atoms with Gasteiger partial charge >= 0.3 is 5.95 Å². The summed E-state index contributed by atoms with van der Waals surface area (Å²) in [5.74, 6) is -0.271. The number of aromatic nitrogens is 2. The minimum absolute atomic E-state index is 0.567. The lowest BCUT2D eigenvalue weighted by atomic mass is 10.0. The van der Waals surface area contributed by atoms with Crippen molar-refractivity contribution in [3.63, 3.8) is 0 Å². The number of carboxylic acid groups (broad SMARTS) is 1. The second kappa shape index (κ2) is 8.37. The van der Waals surface area contributed by atoms with Gasteiger partial charge in [-0.3, -0.25) is 0 Å². The Kier molecular flexibility index (Phi) is 5.63. The molecule has 1 aliphatic heterocycles. The van der Waals surface area contributed by atoms with Crippen LogP contribution in [0.15, 0.2) is 52.7 Å². The fraction of sp³-hybridized carbons (Fsp3) is 0.391. The van der Waals surface area contributed by atoms with Crippen LogP contribution in [0.2, 0.25) is 0 Å². The molecule has 0 radical (unpaired) electrons. The number of carbonyl (C=O) groups excluding carboxylic acids is 1. The van der Waals surface area contributed by atoms with Crippen LogP contribution in [-0.4, -0.2) is 37.2 Å². The molecule has 1 atom stereocenters. The molecule has 1 saturated heterocycles. The van der Waals surface area contributed by atoms with Gasteiger partial charge in [-0.2, -0.15) is 0 Å². The van der Waals surface area contributed by atoms with E-state index < -0.39 is 12.0 Å². The van der Waals surface area contributed by atoms with Gasteiger partial charge in [0.05, 0.1) is 26.1 Å². The monoisotopic (exact) mass is 420 g/mol. The molecule has 1 aliphatic rings. The highest BCUT2D eigenvalue weighted by Gasteiger charge is 2.24. The number of benzene rings is 2. The molecule has 1 unspecified atom stereocenters. The van der Waals surface area contributed by atoms with Gasteiger partial charge in [-0.1, -0.05) is 5.11 Å². The summed E-state index contributed by atoms with van der Waals surface area (Å²) in [6.45, 7) is 0.722. The molecule has 4 rings (SSSR count). The number of carboxylic acids is 1. The Balaban J connectivity index is 1.59. The molecule has 0 spiro atoms. The molecule has 2 aromatic carbocycles. The molecular formula is C23H28N6O2.